The molecule has 2 aromatic heterocycles. The van der Waals surface area contributed by atoms with Crippen LogP contribution in [0.3, 0.4) is 0 Å². The first-order valence-electron chi connectivity index (χ1n) is 9.73. The van der Waals surface area contributed by atoms with Crippen LogP contribution < -0.4 is 0 Å². The number of rotatable bonds is 2. The van der Waals surface area contributed by atoms with Crippen LogP contribution in [0.1, 0.15) is 22.5 Å². The van der Waals surface area contributed by atoms with E-state index in [4.69, 9.17) is 4.98 Å². The molecule has 1 amide bonds. The van der Waals surface area contributed by atoms with Gasteiger partial charge in [-0.2, -0.15) is 0 Å². The molecule has 0 saturated carbocycles. The van der Waals surface area contributed by atoms with E-state index < -0.39 is 0 Å². The van der Waals surface area contributed by atoms with Gasteiger partial charge in [0.05, 0.1) is 24.0 Å². The van der Waals surface area contributed by atoms with E-state index in [-0.39, 0.29) is 11.9 Å². The fourth-order valence-electron chi connectivity index (χ4n) is 4.26. The number of amides is 1. The third-order valence-electron chi connectivity index (χ3n) is 5.85. The second-order valence-corrected chi connectivity index (χ2v) is 7.67. The third-order valence-corrected chi connectivity index (χ3v) is 5.85. The molecule has 0 radical (unpaired) electrons. The van der Waals surface area contributed by atoms with Gasteiger partial charge in [0, 0.05) is 37.5 Å². The van der Waals surface area contributed by atoms with E-state index in [1.165, 1.54) is 11.1 Å². The monoisotopic (exact) mass is 373 g/mol. The van der Waals surface area contributed by atoms with Gasteiger partial charge in [0.2, 0.25) is 5.91 Å². The predicted molar refractivity (Wildman–Crippen MR) is 106 cm³/mol. The predicted octanol–water partition coefficient (Wildman–Crippen LogP) is 2.41. The maximum Gasteiger partial charge on any atom is 0.240 e. The van der Waals surface area contributed by atoms with E-state index in [1.807, 2.05) is 30.3 Å². The van der Waals surface area contributed by atoms with Crippen molar-refractivity contribution in [3.05, 3.63) is 71.3 Å². The Morgan fingerprint density at radius 3 is 2.82 bits per heavy atom. The lowest BCUT2D eigenvalue weighted by Crippen LogP contribution is -2.51. The molecule has 28 heavy (non-hydrogen) atoms. The van der Waals surface area contributed by atoms with E-state index in [1.54, 1.807) is 6.20 Å². The maximum absolute atomic E-state index is 13.3. The largest absolute Gasteiger partial charge is 0.340 e. The highest BCUT2D eigenvalue weighted by atomic mass is 16.2. The highest BCUT2D eigenvalue weighted by molar-refractivity contribution is 5.83. The Morgan fingerprint density at radius 1 is 1.14 bits per heavy atom. The quantitative estimate of drug-likeness (QED) is 0.749. The molecule has 4 heterocycles. The van der Waals surface area contributed by atoms with Crippen LogP contribution in [0, 0.1) is 0 Å². The number of fused-ring (bicyclic) bond motifs is 2. The molecule has 2 aliphatic rings. The Hall–Kier alpha value is -2.99. The van der Waals surface area contributed by atoms with Crippen molar-refractivity contribution in [3.63, 3.8) is 0 Å². The second kappa shape index (κ2) is 6.87. The van der Waals surface area contributed by atoms with Crippen molar-refractivity contribution in [2.75, 3.05) is 13.6 Å². The SMILES string of the molecule is CN1Cc2ccccc2C[C@@H]1C(=O)N1CCc2nc(-c3cccnc3)[nH]c2C1. The summed E-state index contributed by atoms with van der Waals surface area (Å²) in [5.74, 6) is 1.04. The minimum Gasteiger partial charge on any atom is -0.340 e. The number of likely N-dealkylation sites (N-methyl/N-ethyl adjacent to an activating group) is 1. The van der Waals surface area contributed by atoms with Gasteiger partial charge in [-0.1, -0.05) is 24.3 Å². The summed E-state index contributed by atoms with van der Waals surface area (Å²) < 4.78 is 0. The van der Waals surface area contributed by atoms with Crippen LogP contribution >= 0.6 is 0 Å². The molecule has 142 valence electrons. The molecule has 1 aromatic carbocycles. The van der Waals surface area contributed by atoms with Crippen LogP contribution in [-0.2, 0) is 30.7 Å². The Labute approximate surface area is 164 Å². The van der Waals surface area contributed by atoms with Gasteiger partial charge in [0.1, 0.15) is 5.82 Å². The normalized spacial score (nSPS) is 19.2. The fraction of sp³-hybridized carbons (Fsp3) is 0.318. The molecule has 6 nitrogen and oxygen atoms in total. The number of carbonyl (C=O) groups excluding carboxylic acids is 1. The molecule has 5 rings (SSSR count). The van der Waals surface area contributed by atoms with Crippen LogP contribution in [0.25, 0.3) is 11.4 Å². The number of carbonyl (C=O) groups is 1. The van der Waals surface area contributed by atoms with E-state index in [0.717, 1.165) is 48.7 Å². The van der Waals surface area contributed by atoms with Crippen molar-refractivity contribution < 1.29 is 4.79 Å². The first kappa shape index (κ1) is 17.1. The van der Waals surface area contributed by atoms with Crippen LogP contribution in [0.4, 0.5) is 0 Å². The van der Waals surface area contributed by atoms with Gasteiger partial charge in [-0.25, -0.2) is 4.98 Å². The van der Waals surface area contributed by atoms with Crippen LogP contribution in [0.5, 0.6) is 0 Å². The van der Waals surface area contributed by atoms with Gasteiger partial charge >= 0.3 is 0 Å². The topological polar surface area (TPSA) is 65.1 Å². The van der Waals surface area contributed by atoms with Crippen molar-refractivity contribution in [2.45, 2.75) is 32.0 Å². The number of nitrogens with zero attached hydrogens (tertiary/aromatic N) is 4. The molecule has 6 heteroatoms. The molecule has 2 aliphatic heterocycles. The molecule has 0 unspecified atom stereocenters. The van der Waals surface area contributed by atoms with E-state index >= 15 is 0 Å². The second-order valence-electron chi connectivity index (χ2n) is 7.67. The standard InChI is InChI=1S/C22H23N5O/c1-26-13-17-6-3-2-5-15(17)11-20(26)22(28)27-10-8-18-19(14-27)25-21(24-18)16-7-4-9-23-12-16/h2-7,9,12,20H,8,10-11,13-14H2,1H3,(H,24,25)/t20-/m1/s1. The summed E-state index contributed by atoms with van der Waals surface area (Å²) in [6.45, 7) is 2.13. The number of hydrogen-bond donors (Lipinski definition) is 1. The lowest BCUT2D eigenvalue weighted by molar-refractivity contribution is -0.138. The summed E-state index contributed by atoms with van der Waals surface area (Å²) in [6, 6.07) is 12.2. The lowest BCUT2D eigenvalue weighted by Gasteiger charge is -2.37. The maximum atomic E-state index is 13.3. The summed E-state index contributed by atoms with van der Waals surface area (Å²) in [5, 5.41) is 0. The summed E-state index contributed by atoms with van der Waals surface area (Å²) in [7, 11) is 2.05. The summed E-state index contributed by atoms with van der Waals surface area (Å²) in [6.07, 6.45) is 5.12. The van der Waals surface area contributed by atoms with Crippen molar-refractivity contribution in [1.82, 2.24) is 24.8 Å². The fourth-order valence-corrected chi connectivity index (χ4v) is 4.26. The molecule has 1 atom stereocenters. The molecule has 1 N–H and O–H groups in total. The molecular formula is C22H23N5O. The average Bonchev–Trinajstić information content (AvgIpc) is 3.17. The number of hydrogen-bond acceptors (Lipinski definition) is 4. The Balaban J connectivity index is 1.35. The Bertz CT molecular complexity index is 1010. The van der Waals surface area contributed by atoms with Gasteiger partial charge in [-0.05, 0) is 36.7 Å². The van der Waals surface area contributed by atoms with Crippen LogP contribution in [-0.4, -0.2) is 50.3 Å². The molecule has 3 aromatic rings. The van der Waals surface area contributed by atoms with E-state index in [2.05, 4.69) is 39.1 Å². The molecule has 0 aliphatic carbocycles. The van der Waals surface area contributed by atoms with E-state index in [9.17, 15) is 4.79 Å². The van der Waals surface area contributed by atoms with Gasteiger partial charge in [0.15, 0.2) is 0 Å². The Kier molecular flexibility index (Phi) is 4.20. The third kappa shape index (κ3) is 2.99. The van der Waals surface area contributed by atoms with Crippen molar-refractivity contribution >= 4 is 5.91 Å². The smallest absolute Gasteiger partial charge is 0.240 e. The molecule has 0 spiro atoms. The van der Waals surface area contributed by atoms with Gasteiger partial charge in [-0.15, -0.1) is 0 Å². The zero-order valence-corrected chi connectivity index (χ0v) is 15.9. The number of aromatic amines is 1. The summed E-state index contributed by atoms with van der Waals surface area (Å²) in [4.78, 5) is 29.8. The first-order valence-corrected chi connectivity index (χ1v) is 9.73. The number of H-pyrrole nitrogens is 1. The number of aromatic nitrogens is 3. The van der Waals surface area contributed by atoms with Gasteiger partial charge in [0.25, 0.3) is 0 Å². The highest BCUT2D eigenvalue weighted by Gasteiger charge is 2.34. The van der Waals surface area contributed by atoms with Gasteiger partial charge in [-0.3, -0.25) is 14.7 Å². The lowest BCUT2D eigenvalue weighted by atomic mass is 9.93. The van der Waals surface area contributed by atoms with Crippen LogP contribution in [0.2, 0.25) is 0 Å². The molecule has 0 bridgehead atoms. The van der Waals surface area contributed by atoms with Crippen molar-refractivity contribution in [3.8, 4) is 11.4 Å². The van der Waals surface area contributed by atoms with E-state index in [0.29, 0.717) is 6.54 Å². The molecular weight excluding hydrogens is 350 g/mol. The zero-order chi connectivity index (χ0) is 19.1. The first-order chi connectivity index (χ1) is 13.7. The molecule has 0 fully saturated rings. The summed E-state index contributed by atoms with van der Waals surface area (Å²) in [5.41, 5.74) is 5.68. The molecule has 0 saturated heterocycles. The zero-order valence-electron chi connectivity index (χ0n) is 15.9. The highest BCUT2D eigenvalue weighted by Crippen LogP contribution is 2.26. The average molecular weight is 373 g/mol. The number of benzene rings is 1. The minimum atomic E-state index is -0.0998. The van der Waals surface area contributed by atoms with Crippen molar-refractivity contribution in [1.29, 1.82) is 0 Å². The number of pyridine rings is 1. The number of nitrogens with one attached hydrogen (secondary N) is 1. The van der Waals surface area contributed by atoms with Crippen LogP contribution in [0.15, 0.2) is 48.8 Å². The number of imidazole rings is 1. The minimum absolute atomic E-state index is 0.0998. The van der Waals surface area contributed by atoms with Crippen molar-refractivity contribution in [2.24, 2.45) is 0 Å². The summed E-state index contributed by atoms with van der Waals surface area (Å²) >= 11 is 0. The Morgan fingerprint density at radius 2 is 2.00 bits per heavy atom. The van der Waals surface area contributed by atoms with Gasteiger partial charge < -0.3 is 9.88 Å².